The molecular formula is C10H11N3O. The first kappa shape index (κ1) is 10.3. The third-order valence-corrected chi connectivity index (χ3v) is 2.42. The number of hydrogen-bond acceptors (Lipinski definition) is 1. The molecule has 0 aromatic heterocycles. The molecule has 0 heterocycles. The molecule has 0 saturated heterocycles. The number of azide groups is 1. The summed E-state index contributed by atoms with van der Waals surface area (Å²) in [6, 6.07) is 3.54. The number of rotatable bonds is 1. The number of aryl methyl sites for hydroxylation is 1. The predicted octanol–water partition coefficient (Wildman–Crippen LogP) is 3.06. The van der Waals surface area contributed by atoms with Gasteiger partial charge < -0.3 is 0 Å². The lowest BCUT2D eigenvalue weighted by Crippen LogP contribution is -2.00. The van der Waals surface area contributed by atoms with Crippen LogP contribution in [-0.2, 0) is 0 Å². The summed E-state index contributed by atoms with van der Waals surface area (Å²) in [5.41, 5.74) is 11.7. The van der Waals surface area contributed by atoms with Gasteiger partial charge in [-0.15, -0.1) is 0 Å². The molecule has 0 bridgehead atoms. The monoisotopic (exact) mass is 189 g/mol. The Hall–Kier alpha value is -1.80. The molecule has 0 spiro atoms. The van der Waals surface area contributed by atoms with Crippen LogP contribution in [0.2, 0.25) is 0 Å². The number of amides is 1. The second-order valence-corrected chi connectivity index (χ2v) is 3.17. The van der Waals surface area contributed by atoms with Crippen LogP contribution in [0.4, 0.5) is 0 Å². The minimum Gasteiger partial charge on any atom is -0.287 e. The number of benzene rings is 1. The van der Waals surface area contributed by atoms with Crippen molar-refractivity contribution >= 4 is 5.91 Å². The molecule has 1 amide bonds. The molecule has 0 aliphatic carbocycles. The van der Waals surface area contributed by atoms with Crippen LogP contribution in [0, 0.1) is 20.8 Å². The van der Waals surface area contributed by atoms with Crippen molar-refractivity contribution in [1.29, 1.82) is 0 Å². The van der Waals surface area contributed by atoms with Gasteiger partial charge in [0.2, 0.25) is 5.91 Å². The summed E-state index contributed by atoms with van der Waals surface area (Å²) in [4.78, 5) is 13.8. The summed E-state index contributed by atoms with van der Waals surface area (Å²) < 4.78 is 0. The molecule has 72 valence electrons. The van der Waals surface area contributed by atoms with Crippen molar-refractivity contribution < 1.29 is 4.79 Å². The Kier molecular flexibility index (Phi) is 2.89. The molecule has 1 aromatic rings. The molecule has 1 aromatic carbocycles. The van der Waals surface area contributed by atoms with Gasteiger partial charge in [0.1, 0.15) is 0 Å². The van der Waals surface area contributed by atoms with Gasteiger partial charge in [-0.3, -0.25) is 4.79 Å². The smallest absolute Gasteiger partial charge is 0.249 e. The Labute approximate surface area is 82.2 Å². The van der Waals surface area contributed by atoms with Crippen LogP contribution < -0.4 is 0 Å². The quantitative estimate of drug-likeness (QED) is 0.380. The normalized spacial score (nSPS) is 9.36. The van der Waals surface area contributed by atoms with Crippen molar-refractivity contribution in [2.45, 2.75) is 20.8 Å². The average molecular weight is 189 g/mol. The first-order valence-electron chi connectivity index (χ1n) is 4.24. The molecule has 1 rings (SSSR count). The second-order valence-electron chi connectivity index (χ2n) is 3.17. The lowest BCUT2D eigenvalue weighted by atomic mass is 9.99. The van der Waals surface area contributed by atoms with Gasteiger partial charge in [-0.05, 0) is 48.1 Å². The van der Waals surface area contributed by atoms with Crippen molar-refractivity contribution in [3.05, 3.63) is 44.8 Å². The van der Waals surface area contributed by atoms with E-state index in [4.69, 9.17) is 5.53 Å². The molecule has 14 heavy (non-hydrogen) atoms. The van der Waals surface area contributed by atoms with Crippen LogP contribution in [0.1, 0.15) is 27.0 Å². The van der Waals surface area contributed by atoms with E-state index in [1.807, 2.05) is 26.8 Å². The maximum atomic E-state index is 11.3. The van der Waals surface area contributed by atoms with E-state index in [1.165, 1.54) is 0 Å². The molecule has 0 radical (unpaired) electrons. The summed E-state index contributed by atoms with van der Waals surface area (Å²) in [5, 5.41) is 3.07. The highest BCUT2D eigenvalue weighted by Crippen LogP contribution is 2.17. The molecular weight excluding hydrogens is 178 g/mol. The molecule has 0 unspecified atom stereocenters. The van der Waals surface area contributed by atoms with Crippen LogP contribution >= 0.6 is 0 Å². The van der Waals surface area contributed by atoms with Crippen LogP contribution in [-0.4, -0.2) is 5.91 Å². The first-order chi connectivity index (χ1) is 6.57. The second kappa shape index (κ2) is 3.94. The van der Waals surface area contributed by atoms with E-state index in [-0.39, 0.29) is 0 Å². The van der Waals surface area contributed by atoms with Crippen molar-refractivity contribution in [3.8, 4) is 0 Å². The SMILES string of the molecule is Cc1ccc(C(=O)N=[N+]=[N-])c(C)c1C. The topological polar surface area (TPSA) is 65.8 Å². The van der Waals surface area contributed by atoms with Gasteiger partial charge in [-0.2, -0.15) is 0 Å². The standard InChI is InChI=1S/C10H11N3O/c1-6-4-5-9(8(3)7(6)2)10(14)12-13-11/h4-5H,1-3H3. The number of hydrogen-bond donors (Lipinski definition) is 0. The van der Waals surface area contributed by atoms with Crippen LogP contribution in [0.25, 0.3) is 10.4 Å². The van der Waals surface area contributed by atoms with E-state index < -0.39 is 5.91 Å². The van der Waals surface area contributed by atoms with Gasteiger partial charge in [0.15, 0.2) is 0 Å². The molecule has 4 nitrogen and oxygen atoms in total. The fraction of sp³-hybridized carbons (Fsp3) is 0.300. The van der Waals surface area contributed by atoms with Crippen LogP contribution in [0.3, 0.4) is 0 Å². The Morgan fingerprint density at radius 3 is 2.50 bits per heavy atom. The summed E-state index contributed by atoms with van der Waals surface area (Å²) in [6.07, 6.45) is 0. The van der Waals surface area contributed by atoms with E-state index in [0.29, 0.717) is 5.56 Å². The van der Waals surface area contributed by atoms with E-state index >= 15 is 0 Å². The fourth-order valence-electron chi connectivity index (χ4n) is 1.28. The first-order valence-corrected chi connectivity index (χ1v) is 4.24. The van der Waals surface area contributed by atoms with E-state index in [9.17, 15) is 4.79 Å². The van der Waals surface area contributed by atoms with Gasteiger partial charge in [0, 0.05) is 10.5 Å². The third-order valence-electron chi connectivity index (χ3n) is 2.42. The van der Waals surface area contributed by atoms with Gasteiger partial charge >= 0.3 is 0 Å². The summed E-state index contributed by atoms with van der Waals surface area (Å²) in [7, 11) is 0. The van der Waals surface area contributed by atoms with E-state index in [2.05, 4.69) is 10.0 Å². The van der Waals surface area contributed by atoms with Crippen molar-refractivity contribution in [2.75, 3.05) is 0 Å². The maximum Gasteiger partial charge on any atom is 0.249 e. The summed E-state index contributed by atoms with van der Waals surface area (Å²) in [5.74, 6) is -0.520. The van der Waals surface area contributed by atoms with Crippen LogP contribution in [0.5, 0.6) is 0 Å². The molecule has 4 heteroatoms. The summed E-state index contributed by atoms with van der Waals surface area (Å²) in [6.45, 7) is 5.77. The number of carbonyl (C=O) groups is 1. The van der Waals surface area contributed by atoms with Gasteiger partial charge in [0.25, 0.3) is 0 Å². The van der Waals surface area contributed by atoms with Crippen molar-refractivity contribution in [2.24, 2.45) is 5.11 Å². The lowest BCUT2D eigenvalue weighted by molar-refractivity contribution is 0.0999. The minimum atomic E-state index is -0.520. The van der Waals surface area contributed by atoms with E-state index in [0.717, 1.165) is 16.7 Å². The molecule has 0 saturated carbocycles. The fourth-order valence-corrected chi connectivity index (χ4v) is 1.28. The molecule has 0 aliphatic heterocycles. The zero-order valence-corrected chi connectivity index (χ0v) is 8.40. The van der Waals surface area contributed by atoms with Gasteiger partial charge in [0.05, 0.1) is 0 Å². The molecule has 0 N–H and O–H groups in total. The highest BCUT2D eigenvalue weighted by molar-refractivity contribution is 5.96. The predicted molar refractivity (Wildman–Crippen MR) is 54.1 cm³/mol. The van der Waals surface area contributed by atoms with Crippen molar-refractivity contribution in [1.82, 2.24) is 0 Å². The highest BCUT2D eigenvalue weighted by Gasteiger charge is 2.09. The number of carbonyl (C=O) groups excluding carboxylic acids is 1. The third kappa shape index (κ3) is 1.75. The minimum absolute atomic E-state index is 0.478. The van der Waals surface area contributed by atoms with E-state index in [1.54, 1.807) is 6.07 Å². The largest absolute Gasteiger partial charge is 0.287 e. The Morgan fingerprint density at radius 2 is 1.93 bits per heavy atom. The van der Waals surface area contributed by atoms with Crippen LogP contribution in [0.15, 0.2) is 17.2 Å². The zero-order valence-electron chi connectivity index (χ0n) is 8.40. The van der Waals surface area contributed by atoms with Crippen molar-refractivity contribution in [3.63, 3.8) is 0 Å². The zero-order chi connectivity index (χ0) is 10.7. The Bertz CT molecular complexity index is 431. The average Bonchev–Trinajstić information content (AvgIpc) is 2.15. The van der Waals surface area contributed by atoms with Gasteiger partial charge in [-0.1, -0.05) is 12.1 Å². The lowest BCUT2D eigenvalue weighted by Gasteiger charge is -2.07. The molecule has 0 aliphatic rings. The maximum absolute atomic E-state index is 11.3. The Morgan fingerprint density at radius 1 is 1.29 bits per heavy atom. The summed E-state index contributed by atoms with van der Waals surface area (Å²) >= 11 is 0. The Balaban J connectivity index is 3.31. The highest BCUT2D eigenvalue weighted by atomic mass is 16.1. The number of nitrogens with zero attached hydrogens (tertiary/aromatic N) is 3. The molecule has 0 fully saturated rings. The molecule has 0 atom stereocenters. The van der Waals surface area contributed by atoms with Gasteiger partial charge in [-0.25, -0.2) is 0 Å².